The van der Waals surface area contributed by atoms with Gasteiger partial charge in [-0.05, 0) is 39.9 Å². The average molecular weight is 272 g/mol. The Balaban J connectivity index is 3.84. The van der Waals surface area contributed by atoms with Crippen molar-refractivity contribution in [3.63, 3.8) is 0 Å². The summed E-state index contributed by atoms with van der Waals surface area (Å²) in [6.45, 7) is 13.5. The van der Waals surface area contributed by atoms with Crippen molar-refractivity contribution in [1.82, 2.24) is 15.5 Å². The molecule has 0 aliphatic heterocycles. The van der Waals surface area contributed by atoms with E-state index in [1.165, 1.54) is 0 Å². The fraction of sp³-hybridized carbons (Fsp3) is 0.929. The molecule has 0 rings (SSSR count). The van der Waals surface area contributed by atoms with Crippen LogP contribution in [0.15, 0.2) is 4.99 Å². The van der Waals surface area contributed by atoms with Crippen LogP contribution in [0.3, 0.4) is 0 Å². The van der Waals surface area contributed by atoms with Gasteiger partial charge in [0.25, 0.3) is 0 Å². The molecule has 5 nitrogen and oxygen atoms in total. The van der Waals surface area contributed by atoms with E-state index in [9.17, 15) is 0 Å². The number of ether oxygens (including phenoxy) is 1. The summed E-state index contributed by atoms with van der Waals surface area (Å²) in [4.78, 5) is 6.63. The summed E-state index contributed by atoms with van der Waals surface area (Å²) in [5, 5.41) is 6.60. The first-order chi connectivity index (χ1) is 8.99. The van der Waals surface area contributed by atoms with Crippen LogP contribution in [0.4, 0.5) is 0 Å². The Hall–Kier alpha value is -0.810. The Bertz CT molecular complexity index is 250. The highest BCUT2D eigenvalue weighted by Gasteiger charge is 2.16. The molecule has 114 valence electrons. The van der Waals surface area contributed by atoms with Crippen molar-refractivity contribution in [2.24, 2.45) is 4.99 Å². The van der Waals surface area contributed by atoms with E-state index in [4.69, 9.17) is 4.74 Å². The summed E-state index contributed by atoms with van der Waals surface area (Å²) in [6, 6.07) is 0. The molecule has 0 fully saturated rings. The standard InChI is InChI=1S/C14H32N4O/c1-7-18(8-2)11-9-10-16-13(15-5)17-12-14(3,4)19-6/h7-12H2,1-6H3,(H2,15,16,17). The van der Waals surface area contributed by atoms with E-state index < -0.39 is 0 Å². The molecule has 0 spiro atoms. The largest absolute Gasteiger partial charge is 0.377 e. The smallest absolute Gasteiger partial charge is 0.191 e. The zero-order valence-corrected chi connectivity index (χ0v) is 13.5. The van der Waals surface area contributed by atoms with Gasteiger partial charge in [-0.25, -0.2) is 0 Å². The van der Waals surface area contributed by atoms with Crippen LogP contribution in [0.1, 0.15) is 34.1 Å². The average Bonchev–Trinajstić information content (AvgIpc) is 2.42. The lowest BCUT2D eigenvalue weighted by Gasteiger charge is -2.24. The van der Waals surface area contributed by atoms with E-state index in [-0.39, 0.29) is 5.60 Å². The van der Waals surface area contributed by atoms with E-state index in [1.54, 1.807) is 14.2 Å². The summed E-state index contributed by atoms with van der Waals surface area (Å²) in [5.41, 5.74) is -0.182. The number of nitrogens with one attached hydrogen (secondary N) is 2. The Morgan fingerprint density at radius 2 is 1.84 bits per heavy atom. The van der Waals surface area contributed by atoms with E-state index in [1.807, 2.05) is 13.8 Å². The first-order valence-corrected chi connectivity index (χ1v) is 7.21. The van der Waals surface area contributed by atoms with Gasteiger partial charge in [0.05, 0.1) is 5.60 Å². The molecule has 5 heteroatoms. The van der Waals surface area contributed by atoms with Gasteiger partial charge in [-0.15, -0.1) is 0 Å². The lowest BCUT2D eigenvalue weighted by Crippen LogP contribution is -2.45. The molecule has 0 radical (unpaired) electrons. The van der Waals surface area contributed by atoms with E-state index in [0.717, 1.165) is 45.1 Å². The van der Waals surface area contributed by atoms with Crippen LogP contribution in [-0.4, -0.2) is 63.3 Å². The first kappa shape index (κ1) is 18.2. The summed E-state index contributed by atoms with van der Waals surface area (Å²) in [7, 11) is 3.52. The van der Waals surface area contributed by atoms with Crippen LogP contribution in [0.2, 0.25) is 0 Å². The zero-order chi connectivity index (χ0) is 14.7. The fourth-order valence-electron chi connectivity index (χ4n) is 1.64. The third-order valence-corrected chi connectivity index (χ3v) is 3.30. The summed E-state index contributed by atoms with van der Waals surface area (Å²) in [6.07, 6.45) is 1.12. The van der Waals surface area contributed by atoms with Gasteiger partial charge in [0.2, 0.25) is 0 Å². The maximum absolute atomic E-state index is 5.37. The lowest BCUT2D eigenvalue weighted by atomic mass is 10.1. The minimum atomic E-state index is -0.182. The maximum atomic E-state index is 5.37. The van der Waals surface area contributed by atoms with Crippen molar-refractivity contribution >= 4 is 5.96 Å². The fourth-order valence-corrected chi connectivity index (χ4v) is 1.64. The minimum absolute atomic E-state index is 0.182. The number of rotatable bonds is 9. The second-order valence-electron chi connectivity index (χ2n) is 5.20. The highest BCUT2D eigenvalue weighted by molar-refractivity contribution is 5.79. The number of guanidine groups is 1. The van der Waals surface area contributed by atoms with Crippen LogP contribution in [-0.2, 0) is 4.74 Å². The molecule has 0 unspecified atom stereocenters. The number of aliphatic imine (C=N–C) groups is 1. The van der Waals surface area contributed by atoms with E-state index in [2.05, 4.69) is 34.4 Å². The second kappa shape index (κ2) is 10.0. The molecule has 0 atom stereocenters. The van der Waals surface area contributed by atoms with Crippen molar-refractivity contribution in [1.29, 1.82) is 0 Å². The molecule has 0 bridgehead atoms. The highest BCUT2D eigenvalue weighted by Crippen LogP contribution is 2.04. The van der Waals surface area contributed by atoms with Crippen LogP contribution in [0.5, 0.6) is 0 Å². The van der Waals surface area contributed by atoms with Gasteiger partial charge in [-0.2, -0.15) is 0 Å². The Morgan fingerprint density at radius 1 is 1.21 bits per heavy atom. The SMILES string of the molecule is CCN(CC)CCCNC(=NC)NCC(C)(C)OC. The first-order valence-electron chi connectivity index (χ1n) is 7.21. The Kier molecular flexibility index (Phi) is 9.61. The van der Waals surface area contributed by atoms with Crippen molar-refractivity contribution in [2.45, 2.75) is 39.7 Å². The van der Waals surface area contributed by atoms with Crippen LogP contribution < -0.4 is 10.6 Å². The third kappa shape index (κ3) is 8.83. The molecule has 0 aromatic carbocycles. The lowest BCUT2D eigenvalue weighted by molar-refractivity contribution is 0.0268. The predicted octanol–water partition coefficient (Wildman–Crippen LogP) is 1.31. The van der Waals surface area contributed by atoms with Gasteiger partial charge in [-0.3, -0.25) is 4.99 Å². The number of hydrogen-bond donors (Lipinski definition) is 2. The number of methoxy groups -OCH3 is 1. The molecular formula is C14H32N4O. The molecule has 0 amide bonds. The Morgan fingerprint density at radius 3 is 2.32 bits per heavy atom. The topological polar surface area (TPSA) is 48.9 Å². The molecule has 0 aliphatic carbocycles. The van der Waals surface area contributed by atoms with E-state index in [0.29, 0.717) is 0 Å². The molecule has 0 saturated heterocycles. The van der Waals surface area contributed by atoms with Crippen molar-refractivity contribution in [2.75, 3.05) is 46.9 Å². The van der Waals surface area contributed by atoms with Crippen molar-refractivity contribution in [3.05, 3.63) is 0 Å². The van der Waals surface area contributed by atoms with Crippen molar-refractivity contribution < 1.29 is 4.74 Å². The monoisotopic (exact) mass is 272 g/mol. The molecule has 0 heterocycles. The second-order valence-corrected chi connectivity index (χ2v) is 5.20. The zero-order valence-electron chi connectivity index (χ0n) is 13.5. The molecule has 0 aromatic rings. The summed E-state index contributed by atoms with van der Waals surface area (Å²) < 4.78 is 5.37. The van der Waals surface area contributed by atoms with Gasteiger partial charge in [0.1, 0.15) is 0 Å². The number of hydrogen-bond acceptors (Lipinski definition) is 3. The molecule has 19 heavy (non-hydrogen) atoms. The van der Waals surface area contributed by atoms with Gasteiger partial charge < -0.3 is 20.3 Å². The van der Waals surface area contributed by atoms with Crippen molar-refractivity contribution in [3.8, 4) is 0 Å². The van der Waals surface area contributed by atoms with Crippen LogP contribution >= 0.6 is 0 Å². The molecule has 2 N–H and O–H groups in total. The normalized spacial score (nSPS) is 12.9. The quantitative estimate of drug-likeness (QED) is 0.377. The molecule has 0 saturated carbocycles. The van der Waals surface area contributed by atoms with Gasteiger partial charge in [-0.1, -0.05) is 13.8 Å². The highest BCUT2D eigenvalue weighted by atomic mass is 16.5. The molecular weight excluding hydrogens is 240 g/mol. The summed E-state index contributed by atoms with van der Waals surface area (Å²) >= 11 is 0. The van der Waals surface area contributed by atoms with Gasteiger partial charge in [0, 0.05) is 27.2 Å². The third-order valence-electron chi connectivity index (χ3n) is 3.30. The summed E-state index contributed by atoms with van der Waals surface area (Å²) in [5.74, 6) is 0.838. The Labute approximate surface area is 118 Å². The molecule has 0 aliphatic rings. The van der Waals surface area contributed by atoms with Gasteiger partial charge >= 0.3 is 0 Å². The predicted molar refractivity (Wildman–Crippen MR) is 82.9 cm³/mol. The molecule has 0 aromatic heterocycles. The van der Waals surface area contributed by atoms with E-state index >= 15 is 0 Å². The minimum Gasteiger partial charge on any atom is -0.377 e. The number of nitrogens with zero attached hydrogens (tertiary/aromatic N) is 2. The van der Waals surface area contributed by atoms with Crippen LogP contribution in [0.25, 0.3) is 0 Å². The van der Waals surface area contributed by atoms with Crippen LogP contribution in [0, 0.1) is 0 Å². The van der Waals surface area contributed by atoms with Gasteiger partial charge in [0.15, 0.2) is 5.96 Å². The maximum Gasteiger partial charge on any atom is 0.191 e.